The van der Waals surface area contributed by atoms with Gasteiger partial charge < -0.3 is 20.7 Å². The van der Waals surface area contributed by atoms with Crippen molar-refractivity contribution in [3.63, 3.8) is 0 Å². The smallest absolute Gasteiger partial charge is 0.228 e. The minimum atomic E-state index is 0.219. The van der Waals surface area contributed by atoms with Crippen LogP contribution < -0.4 is 20.7 Å². The monoisotopic (exact) mass is 439 g/mol. The number of nitrogens with zero attached hydrogens (tertiary/aromatic N) is 5. The molecule has 162 valence electrons. The molecule has 3 N–H and O–H groups in total. The molecule has 2 heterocycles. The van der Waals surface area contributed by atoms with Gasteiger partial charge in [-0.15, -0.1) is 0 Å². The van der Waals surface area contributed by atoms with Crippen LogP contribution in [0, 0.1) is 0 Å². The lowest BCUT2D eigenvalue weighted by Gasteiger charge is -2.36. The minimum Gasteiger partial charge on any atom is -0.495 e. The number of nitrogens with one attached hydrogen (secondary N) is 1. The van der Waals surface area contributed by atoms with Crippen LogP contribution in [-0.2, 0) is 13.1 Å². The van der Waals surface area contributed by atoms with Gasteiger partial charge >= 0.3 is 0 Å². The van der Waals surface area contributed by atoms with Crippen molar-refractivity contribution in [1.29, 1.82) is 0 Å². The molecule has 1 aliphatic rings. The lowest BCUT2D eigenvalue weighted by atomic mass is 10.2. The number of methoxy groups -OCH3 is 1. The summed E-state index contributed by atoms with van der Waals surface area (Å²) in [6.45, 7) is 4.82. The zero-order chi connectivity index (χ0) is 21.6. The quantitative estimate of drug-likeness (QED) is 0.580. The zero-order valence-corrected chi connectivity index (χ0v) is 18.2. The maximum atomic E-state index is 5.94. The van der Waals surface area contributed by atoms with Crippen LogP contribution in [0.15, 0.2) is 48.5 Å². The second-order valence-corrected chi connectivity index (χ2v) is 7.78. The first kappa shape index (κ1) is 21.1. The van der Waals surface area contributed by atoms with Crippen LogP contribution in [0.3, 0.4) is 0 Å². The average Bonchev–Trinajstić information content (AvgIpc) is 2.79. The number of rotatable bonds is 7. The number of hydrogen-bond acceptors (Lipinski definition) is 8. The van der Waals surface area contributed by atoms with Gasteiger partial charge in [0.25, 0.3) is 0 Å². The first-order valence-corrected chi connectivity index (χ1v) is 10.6. The molecule has 2 aromatic carbocycles. The van der Waals surface area contributed by atoms with Gasteiger partial charge in [-0.05, 0) is 29.8 Å². The number of halogens is 1. The Morgan fingerprint density at radius 2 is 1.74 bits per heavy atom. The van der Waals surface area contributed by atoms with Crippen LogP contribution >= 0.6 is 11.6 Å². The molecule has 0 atom stereocenters. The second kappa shape index (κ2) is 9.80. The molecule has 1 saturated heterocycles. The first-order chi connectivity index (χ1) is 15.1. The summed E-state index contributed by atoms with van der Waals surface area (Å²) in [5.41, 5.74) is 8.13. The van der Waals surface area contributed by atoms with E-state index < -0.39 is 0 Å². The van der Waals surface area contributed by atoms with Crippen molar-refractivity contribution in [3.8, 4) is 5.75 Å². The first-order valence-electron chi connectivity index (χ1n) is 10.2. The molecule has 0 amide bonds. The van der Waals surface area contributed by atoms with Gasteiger partial charge in [-0.2, -0.15) is 15.0 Å². The molecule has 3 aromatic rings. The summed E-state index contributed by atoms with van der Waals surface area (Å²) in [4.78, 5) is 17.7. The van der Waals surface area contributed by atoms with Gasteiger partial charge in [-0.1, -0.05) is 35.9 Å². The molecule has 0 spiro atoms. The molecule has 0 radical (unpaired) electrons. The summed E-state index contributed by atoms with van der Waals surface area (Å²) in [5.74, 6) is 2.26. The highest BCUT2D eigenvalue weighted by Crippen LogP contribution is 2.28. The highest BCUT2D eigenvalue weighted by molar-refractivity contribution is 6.30. The maximum absolute atomic E-state index is 5.94. The molecule has 8 nitrogen and oxygen atoms in total. The largest absolute Gasteiger partial charge is 0.495 e. The standard InChI is InChI=1S/C22H26ClN7O/c1-31-19-5-3-2-4-18(19)30-12-10-29(11-13-30)15-20-26-21(24)28-22(27-20)25-14-16-6-8-17(23)9-7-16/h2-9H,10-15H2,1H3,(H3,24,25,26,27,28). The minimum absolute atomic E-state index is 0.219. The molecule has 1 fully saturated rings. The summed E-state index contributed by atoms with van der Waals surface area (Å²) in [6, 6.07) is 15.8. The number of nitrogens with two attached hydrogens (primary N) is 1. The molecule has 0 aliphatic carbocycles. The van der Waals surface area contributed by atoms with E-state index in [9.17, 15) is 0 Å². The van der Waals surface area contributed by atoms with Crippen molar-refractivity contribution in [3.05, 3.63) is 64.9 Å². The zero-order valence-electron chi connectivity index (χ0n) is 17.5. The van der Waals surface area contributed by atoms with Crippen LogP contribution in [0.4, 0.5) is 17.6 Å². The predicted molar refractivity (Wildman–Crippen MR) is 124 cm³/mol. The third-order valence-electron chi connectivity index (χ3n) is 5.23. The number of nitrogen functional groups attached to an aromatic ring is 1. The fourth-order valence-electron chi connectivity index (χ4n) is 3.61. The molecule has 9 heteroatoms. The molecule has 0 saturated carbocycles. The van der Waals surface area contributed by atoms with Crippen LogP contribution in [0.2, 0.25) is 5.02 Å². The topological polar surface area (TPSA) is 92.4 Å². The Labute approximate surface area is 187 Å². The Morgan fingerprint density at radius 3 is 2.48 bits per heavy atom. The van der Waals surface area contributed by atoms with E-state index >= 15 is 0 Å². The number of anilines is 3. The van der Waals surface area contributed by atoms with Gasteiger partial charge in [-0.25, -0.2) is 0 Å². The van der Waals surface area contributed by atoms with Gasteiger partial charge in [0.2, 0.25) is 11.9 Å². The highest BCUT2D eigenvalue weighted by atomic mass is 35.5. The van der Waals surface area contributed by atoms with E-state index in [1.165, 1.54) is 0 Å². The Morgan fingerprint density at radius 1 is 1.00 bits per heavy atom. The Hall–Kier alpha value is -3.10. The lowest BCUT2D eigenvalue weighted by Crippen LogP contribution is -2.46. The van der Waals surface area contributed by atoms with Crippen molar-refractivity contribution in [2.24, 2.45) is 0 Å². The van der Waals surface area contributed by atoms with Crippen molar-refractivity contribution >= 4 is 29.2 Å². The molecular formula is C22H26ClN7O. The third-order valence-corrected chi connectivity index (χ3v) is 5.48. The fraction of sp³-hybridized carbons (Fsp3) is 0.318. The van der Waals surface area contributed by atoms with Crippen LogP contribution in [0.1, 0.15) is 11.4 Å². The molecular weight excluding hydrogens is 414 g/mol. The fourth-order valence-corrected chi connectivity index (χ4v) is 3.74. The number of piperazine rings is 1. The lowest BCUT2D eigenvalue weighted by molar-refractivity contribution is 0.243. The van der Waals surface area contributed by atoms with E-state index in [-0.39, 0.29) is 5.95 Å². The molecule has 31 heavy (non-hydrogen) atoms. The summed E-state index contributed by atoms with van der Waals surface area (Å²) >= 11 is 5.94. The van der Waals surface area contributed by atoms with Gasteiger partial charge in [0.05, 0.1) is 19.3 Å². The Bertz CT molecular complexity index is 1010. The van der Waals surface area contributed by atoms with Gasteiger partial charge in [-0.3, -0.25) is 4.90 Å². The van der Waals surface area contributed by atoms with Crippen molar-refractivity contribution in [1.82, 2.24) is 19.9 Å². The van der Waals surface area contributed by atoms with Crippen LogP contribution in [-0.4, -0.2) is 53.1 Å². The van der Waals surface area contributed by atoms with Gasteiger partial charge in [0, 0.05) is 37.7 Å². The average molecular weight is 440 g/mol. The number of hydrogen-bond donors (Lipinski definition) is 2. The van der Waals surface area contributed by atoms with E-state index in [0.717, 1.165) is 43.2 Å². The third kappa shape index (κ3) is 5.53. The van der Waals surface area contributed by atoms with Crippen molar-refractivity contribution < 1.29 is 4.74 Å². The highest BCUT2D eigenvalue weighted by Gasteiger charge is 2.20. The number of para-hydroxylation sites is 2. The van der Waals surface area contributed by atoms with E-state index in [0.29, 0.717) is 29.9 Å². The second-order valence-electron chi connectivity index (χ2n) is 7.35. The SMILES string of the molecule is COc1ccccc1N1CCN(Cc2nc(N)nc(NCc3ccc(Cl)cc3)n2)CC1. The van der Waals surface area contributed by atoms with E-state index in [2.05, 4.69) is 36.1 Å². The Kier molecular flexibility index (Phi) is 6.69. The maximum Gasteiger partial charge on any atom is 0.228 e. The molecule has 1 aromatic heterocycles. The summed E-state index contributed by atoms with van der Waals surface area (Å²) in [6.07, 6.45) is 0. The number of benzene rings is 2. The van der Waals surface area contributed by atoms with Crippen LogP contribution in [0.5, 0.6) is 5.75 Å². The predicted octanol–water partition coefficient (Wildman–Crippen LogP) is 3.05. The number of aromatic nitrogens is 3. The summed E-state index contributed by atoms with van der Waals surface area (Å²) in [7, 11) is 1.71. The summed E-state index contributed by atoms with van der Waals surface area (Å²) < 4.78 is 5.50. The normalized spacial score (nSPS) is 14.5. The van der Waals surface area contributed by atoms with Crippen molar-refractivity contribution in [2.45, 2.75) is 13.1 Å². The molecule has 4 rings (SSSR count). The van der Waals surface area contributed by atoms with E-state index in [1.54, 1.807) is 7.11 Å². The van der Waals surface area contributed by atoms with Crippen molar-refractivity contribution in [2.75, 3.05) is 49.2 Å². The van der Waals surface area contributed by atoms with Crippen LogP contribution in [0.25, 0.3) is 0 Å². The van der Waals surface area contributed by atoms with E-state index in [4.69, 9.17) is 22.1 Å². The molecule has 1 aliphatic heterocycles. The van der Waals surface area contributed by atoms with E-state index in [1.807, 2.05) is 42.5 Å². The van der Waals surface area contributed by atoms with Gasteiger partial charge in [0.1, 0.15) is 11.6 Å². The summed E-state index contributed by atoms with van der Waals surface area (Å²) in [5, 5.41) is 3.92. The number of ether oxygens (including phenoxy) is 1. The Balaban J connectivity index is 1.35. The molecule has 0 unspecified atom stereocenters. The molecule has 0 bridgehead atoms. The van der Waals surface area contributed by atoms with Gasteiger partial charge in [0.15, 0.2) is 0 Å².